The van der Waals surface area contributed by atoms with E-state index in [0.29, 0.717) is 11.3 Å². The number of amides is 1. The van der Waals surface area contributed by atoms with Crippen LogP contribution in [0.1, 0.15) is 23.6 Å². The lowest BCUT2D eigenvalue weighted by Crippen LogP contribution is -2.28. The fraction of sp³-hybridized carbons (Fsp3) is 0.167. The summed E-state index contributed by atoms with van der Waals surface area (Å²) in [6.07, 6.45) is 0.618. The molecule has 3 aromatic rings. The molecule has 30 heavy (non-hydrogen) atoms. The minimum Gasteiger partial charge on any atom is -0.497 e. The second-order valence-corrected chi connectivity index (χ2v) is 7.88. The van der Waals surface area contributed by atoms with Crippen LogP contribution in [0.5, 0.6) is 5.75 Å². The number of rotatable bonds is 6. The number of carbonyl (C=O) groups is 1. The molecule has 1 aliphatic rings. The maximum Gasteiger partial charge on any atom is 0.253 e. The molecule has 1 atom stereocenters. The minimum atomic E-state index is -0.322. The SMILES string of the molecule is COc1ccc([C@H]2CC(c3ccccc3)=NN2C(=O)CSc2ccccc2F)cc1. The number of benzene rings is 3. The highest BCUT2D eigenvalue weighted by Crippen LogP contribution is 2.34. The van der Waals surface area contributed by atoms with Gasteiger partial charge in [0.1, 0.15) is 11.6 Å². The molecule has 152 valence electrons. The normalized spacial score (nSPS) is 15.7. The van der Waals surface area contributed by atoms with E-state index < -0.39 is 0 Å². The number of halogens is 1. The zero-order valence-electron chi connectivity index (χ0n) is 16.5. The van der Waals surface area contributed by atoms with E-state index in [4.69, 9.17) is 4.74 Å². The smallest absolute Gasteiger partial charge is 0.253 e. The zero-order chi connectivity index (χ0) is 20.9. The van der Waals surface area contributed by atoms with Gasteiger partial charge in [-0.1, -0.05) is 54.6 Å². The van der Waals surface area contributed by atoms with Gasteiger partial charge in [-0.15, -0.1) is 11.8 Å². The first-order valence-electron chi connectivity index (χ1n) is 9.62. The summed E-state index contributed by atoms with van der Waals surface area (Å²) in [6, 6.07) is 23.8. The standard InChI is InChI=1S/C24H21FN2O2S/c1-29-19-13-11-18(12-14-19)22-15-21(17-7-3-2-4-8-17)26-27(22)24(28)16-30-23-10-6-5-9-20(23)25/h2-14,22H,15-16H2,1H3/t22-/m1/s1. The highest BCUT2D eigenvalue weighted by Gasteiger charge is 2.33. The molecular formula is C24H21FN2O2S. The van der Waals surface area contributed by atoms with E-state index in [1.54, 1.807) is 25.3 Å². The van der Waals surface area contributed by atoms with Crippen molar-refractivity contribution in [2.75, 3.05) is 12.9 Å². The minimum absolute atomic E-state index is 0.110. The monoisotopic (exact) mass is 420 g/mol. The Morgan fingerprint density at radius 1 is 1.07 bits per heavy atom. The number of thioether (sulfide) groups is 1. The lowest BCUT2D eigenvalue weighted by molar-refractivity contribution is -0.130. The fourth-order valence-corrected chi connectivity index (χ4v) is 4.19. The molecule has 0 saturated heterocycles. The van der Waals surface area contributed by atoms with E-state index in [1.165, 1.54) is 22.8 Å². The van der Waals surface area contributed by atoms with Crippen LogP contribution in [0.3, 0.4) is 0 Å². The van der Waals surface area contributed by atoms with E-state index in [1.807, 2.05) is 54.6 Å². The zero-order valence-corrected chi connectivity index (χ0v) is 17.3. The summed E-state index contributed by atoms with van der Waals surface area (Å²) in [5.41, 5.74) is 2.84. The van der Waals surface area contributed by atoms with E-state index in [0.717, 1.165) is 22.6 Å². The van der Waals surface area contributed by atoms with Crippen molar-refractivity contribution in [3.8, 4) is 5.75 Å². The van der Waals surface area contributed by atoms with E-state index in [-0.39, 0.29) is 23.5 Å². The largest absolute Gasteiger partial charge is 0.497 e. The fourth-order valence-electron chi connectivity index (χ4n) is 3.40. The predicted octanol–water partition coefficient (Wildman–Crippen LogP) is 5.30. The van der Waals surface area contributed by atoms with Gasteiger partial charge in [0, 0.05) is 11.3 Å². The van der Waals surface area contributed by atoms with Gasteiger partial charge in [0.25, 0.3) is 5.91 Å². The molecule has 4 nitrogen and oxygen atoms in total. The number of ether oxygens (including phenoxy) is 1. The second-order valence-electron chi connectivity index (χ2n) is 6.86. The average Bonchev–Trinajstić information content (AvgIpc) is 3.25. The summed E-state index contributed by atoms with van der Waals surface area (Å²) in [5, 5.41) is 6.20. The Kier molecular flexibility index (Phi) is 6.14. The topological polar surface area (TPSA) is 41.9 Å². The van der Waals surface area contributed by atoms with Crippen molar-refractivity contribution in [1.29, 1.82) is 0 Å². The summed E-state index contributed by atoms with van der Waals surface area (Å²) >= 11 is 1.19. The number of nitrogens with zero attached hydrogens (tertiary/aromatic N) is 2. The molecule has 0 N–H and O–H groups in total. The molecule has 0 radical (unpaired) electrons. The van der Waals surface area contributed by atoms with Crippen molar-refractivity contribution in [2.45, 2.75) is 17.4 Å². The summed E-state index contributed by atoms with van der Waals surface area (Å²) < 4.78 is 19.2. The molecule has 3 aromatic carbocycles. The van der Waals surface area contributed by atoms with Crippen LogP contribution in [-0.2, 0) is 4.79 Å². The Hall–Kier alpha value is -3.12. The van der Waals surface area contributed by atoms with Crippen molar-refractivity contribution >= 4 is 23.4 Å². The molecule has 0 saturated carbocycles. The first-order valence-corrected chi connectivity index (χ1v) is 10.6. The van der Waals surface area contributed by atoms with Crippen molar-refractivity contribution in [3.05, 3.63) is 95.8 Å². The van der Waals surface area contributed by atoms with Crippen LogP contribution in [-0.4, -0.2) is 29.5 Å². The molecule has 0 fully saturated rings. The third kappa shape index (κ3) is 4.39. The van der Waals surface area contributed by atoms with Crippen LogP contribution in [0.2, 0.25) is 0 Å². The summed E-state index contributed by atoms with van der Waals surface area (Å²) in [5.74, 6) is 0.389. The highest BCUT2D eigenvalue weighted by atomic mass is 32.2. The lowest BCUT2D eigenvalue weighted by atomic mass is 9.98. The molecule has 1 aliphatic heterocycles. The van der Waals surface area contributed by atoms with Gasteiger partial charge in [0.15, 0.2) is 0 Å². The van der Waals surface area contributed by atoms with Crippen LogP contribution < -0.4 is 4.74 Å². The van der Waals surface area contributed by atoms with Crippen LogP contribution >= 0.6 is 11.8 Å². The maximum absolute atomic E-state index is 13.9. The third-order valence-corrected chi connectivity index (χ3v) is 5.99. The summed E-state index contributed by atoms with van der Waals surface area (Å²) in [4.78, 5) is 13.5. The number of hydrogen-bond donors (Lipinski definition) is 0. The molecule has 1 amide bonds. The third-order valence-electron chi connectivity index (χ3n) is 4.96. The molecule has 0 bridgehead atoms. The summed E-state index contributed by atoms with van der Waals surface area (Å²) in [7, 11) is 1.62. The van der Waals surface area contributed by atoms with Gasteiger partial charge in [0.05, 0.1) is 24.6 Å². The molecule has 0 unspecified atom stereocenters. The van der Waals surface area contributed by atoms with Crippen molar-refractivity contribution in [1.82, 2.24) is 5.01 Å². The molecule has 4 rings (SSSR count). The van der Waals surface area contributed by atoms with Crippen molar-refractivity contribution in [3.63, 3.8) is 0 Å². The lowest BCUT2D eigenvalue weighted by Gasteiger charge is -2.22. The molecule has 0 spiro atoms. The highest BCUT2D eigenvalue weighted by molar-refractivity contribution is 8.00. The quantitative estimate of drug-likeness (QED) is 0.508. The first kappa shape index (κ1) is 20.2. The molecular weight excluding hydrogens is 399 g/mol. The van der Waals surface area contributed by atoms with Crippen LogP contribution in [0.25, 0.3) is 0 Å². The Bertz CT molecular complexity index is 1050. The Balaban J connectivity index is 1.58. The average molecular weight is 421 g/mol. The predicted molar refractivity (Wildman–Crippen MR) is 117 cm³/mol. The van der Waals surface area contributed by atoms with E-state index >= 15 is 0 Å². The van der Waals surface area contributed by atoms with E-state index in [9.17, 15) is 9.18 Å². The maximum atomic E-state index is 13.9. The number of carbonyl (C=O) groups excluding carboxylic acids is 1. The van der Waals surface area contributed by atoms with Gasteiger partial charge >= 0.3 is 0 Å². The van der Waals surface area contributed by atoms with Gasteiger partial charge in [-0.25, -0.2) is 9.40 Å². The number of hydrogen-bond acceptors (Lipinski definition) is 4. The molecule has 1 heterocycles. The van der Waals surface area contributed by atoms with Gasteiger partial charge in [-0.05, 0) is 35.4 Å². The van der Waals surface area contributed by atoms with Crippen molar-refractivity contribution < 1.29 is 13.9 Å². The van der Waals surface area contributed by atoms with Gasteiger partial charge in [0.2, 0.25) is 0 Å². The number of hydrazone groups is 1. The number of methoxy groups -OCH3 is 1. The Labute approximate surface area is 179 Å². The second kappa shape index (κ2) is 9.13. The molecule has 0 aliphatic carbocycles. The first-order chi connectivity index (χ1) is 14.7. The van der Waals surface area contributed by atoms with Crippen molar-refractivity contribution in [2.24, 2.45) is 5.10 Å². The van der Waals surface area contributed by atoms with Crippen LogP contribution in [0.15, 0.2) is 88.9 Å². The van der Waals surface area contributed by atoms with Gasteiger partial charge in [-0.2, -0.15) is 5.10 Å². The van der Waals surface area contributed by atoms with Gasteiger partial charge < -0.3 is 4.74 Å². The summed E-state index contributed by atoms with van der Waals surface area (Å²) in [6.45, 7) is 0. The molecule has 6 heteroatoms. The Morgan fingerprint density at radius 2 is 1.77 bits per heavy atom. The van der Waals surface area contributed by atoms with Crippen LogP contribution in [0.4, 0.5) is 4.39 Å². The molecule has 0 aromatic heterocycles. The van der Waals surface area contributed by atoms with Crippen LogP contribution in [0, 0.1) is 5.82 Å². The Morgan fingerprint density at radius 3 is 2.47 bits per heavy atom. The van der Waals surface area contributed by atoms with Gasteiger partial charge in [-0.3, -0.25) is 4.79 Å². The van der Waals surface area contributed by atoms with E-state index in [2.05, 4.69) is 5.10 Å².